The van der Waals surface area contributed by atoms with E-state index in [2.05, 4.69) is 161 Å². The van der Waals surface area contributed by atoms with Crippen LogP contribution in [0.3, 0.4) is 0 Å². The van der Waals surface area contributed by atoms with E-state index in [-0.39, 0.29) is 5.41 Å². The second-order valence-electron chi connectivity index (χ2n) is 18.8. The minimum Gasteiger partial charge on any atom is -0.494 e. The Kier molecular flexibility index (Phi) is 17.4. The molecule has 0 saturated heterocycles. The molecule has 0 aliphatic heterocycles. The van der Waals surface area contributed by atoms with Crippen LogP contribution in [0.2, 0.25) is 0 Å². The van der Waals surface area contributed by atoms with Crippen molar-refractivity contribution in [1.82, 2.24) is 0 Å². The van der Waals surface area contributed by atoms with Crippen LogP contribution in [0.25, 0.3) is 55.6 Å². The Morgan fingerprint density at radius 1 is 0.333 bits per heavy atom. The lowest BCUT2D eigenvalue weighted by molar-refractivity contribution is 0.304. The second kappa shape index (κ2) is 23.7. The fourth-order valence-electron chi connectivity index (χ4n) is 10.2. The van der Waals surface area contributed by atoms with Crippen molar-refractivity contribution in [2.75, 3.05) is 6.61 Å². The fraction of sp³-hybridized carbons (Fsp3) is 0.419. The Hall–Kier alpha value is -4.88. The molecule has 0 atom stereocenters. The number of hydrogen-bond acceptors (Lipinski definition) is 1. The molecule has 0 saturated carbocycles. The van der Waals surface area contributed by atoms with Gasteiger partial charge in [0.25, 0.3) is 0 Å². The van der Waals surface area contributed by atoms with Crippen molar-refractivity contribution in [2.45, 2.75) is 162 Å². The van der Waals surface area contributed by atoms with Gasteiger partial charge in [0.2, 0.25) is 0 Å². The SMILES string of the molecule is CCCCCCCCOc1ccc(-c2ccc(-c3ccc4c(c3)C(CCCCCCCC)(CCCCCCCC)c3cc(-c5ccc(-c6ccc(C)cc6)cc5)ccc3-4)cc2)cc1. The van der Waals surface area contributed by atoms with Crippen LogP contribution in [0, 0.1) is 6.92 Å². The minimum atomic E-state index is 0.00679. The van der Waals surface area contributed by atoms with Gasteiger partial charge < -0.3 is 4.74 Å². The topological polar surface area (TPSA) is 9.23 Å². The molecule has 0 heterocycles. The standard InChI is InChI=1S/C62H76O/c1-5-8-11-14-17-20-43-62(44-21-18-15-12-9-6-2)60-46-55(53-31-27-50(28-32-53)49-25-23-48(4)24-26-49)37-41-58(60)59-42-38-56(47-61(59)62)54-33-29-51(30-34-54)52-35-39-57(40-36-52)63-45-22-19-16-13-10-7-3/h23-42,46-47H,5-22,43-45H2,1-4H3. The predicted molar refractivity (Wildman–Crippen MR) is 274 cm³/mol. The average Bonchev–Trinajstić information content (AvgIpc) is 3.59. The number of fused-ring (bicyclic) bond motifs is 3. The summed E-state index contributed by atoms with van der Waals surface area (Å²) in [6, 6.07) is 51.1. The van der Waals surface area contributed by atoms with Crippen LogP contribution in [-0.2, 0) is 5.41 Å². The molecule has 1 aliphatic rings. The van der Waals surface area contributed by atoms with E-state index in [1.807, 2.05) is 0 Å². The largest absolute Gasteiger partial charge is 0.494 e. The molecule has 0 radical (unpaired) electrons. The number of benzene rings is 6. The van der Waals surface area contributed by atoms with Gasteiger partial charge in [-0.2, -0.15) is 0 Å². The summed E-state index contributed by atoms with van der Waals surface area (Å²) in [7, 11) is 0. The molecule has 1 nitrogen and oxygen atoms in total. The highest BCUT2D eigenvalue weighted by Crippen LogP contribution is 2.56. The van der Waals surface area contributed by atoms with Gasteiger partial charge in [0.1, 0.15) is 5.75 Å². The lowest BCUT2D eigenvalue weighted by Gasteiger charge is -2.33. The predicted octanol–water partition coefficient (Wildman–Crippen LogP) is 19.2. The van der Waals surface area contributed by atoms with Gasteiger partial charge in [0.05, 0.1) is 6.61 Å². The molecule has 6 aromatic rings. The Bertz CT molecular complexity index is 2240. The third kappa shape index (κ3) is 12.0. The Labute approximate surface area is 382 Å². The fourth-order valence-corrected chi connectivity index (χ4v) is 10.2. The summed E-state index contributed by atoms with van der Waals surface area (Å²) in [4.78, 5) is 0. The van der Waals surface area contributed by atoms with Crippen LogP contribution >= 0.6 is 0 Å². The molecule has 1 aliphatic carbocycles. The maximum atomic E-state index is 6.10. The second-order valence-corrected chi connectivity index (χ2v) is 18.8. The summed E-state index contributed by atoms with van der Waals surface area (Å²) >= 11 is 0. The highest BCUT2D eigenvalue weighted by atomic mass is 16.5. The van der Waals surface area contributed by atoms with Crippen molar-refractivity contribution < 1.29 is 4.74 Å². The van der Waals surface area contributed by atoms with Gasteiger partial charge in [0.15, 0.2) is 0 Å². The molecule has 1 heteroatoms. The maximum absolute atomic E-state index is 6.10. The average molecular weight is 837 g/mol. The molecule has 6 aromatic carbocycles. The highest BCUT2D eigenvalue weighted by Gasteiger charge is 2.42. The maximum Gasteiger partial charge on any atom is 0.119 e. The number of hydrogen-bond donors (Lipinski definition) is 0. The summed E-state index contributed by atoms with van der Waals surface area (Å²) in [5.41, 5.74) is 17.6. The Morgan fingerprint density at radius 3 is 1.06 bits per heavy atom. The molecule has 0 amide bonds. The first-order chi connectivity index (χ1) is 31.0. The van der Waals surface area contributed by atoms with Gasteiger partial charge in [-0.05, 0) is 117 Å². The first kappa shape index (κ1) is 46.1. The van der Waals surface area contributed by atoms with E-state index >= 15 is 0 Å². The lowest BCUT2D eigenvalue weighted by Crippen LogP contribution is -2.25. The van der Waals surface area contributed by atoms with E-state index < -0.39 is 0 Å². The number of ether oxygens (including phenoxy) is 1. The molecular weight excluding hydrogens is 761 g/mol. The van der Waals surface area contributed by atoms with Crippen LogP contribution in [0.4, 0.5) is 0 Å². The van der Waals surface area contributed by atoms with E-state index in [0.717, 1.165) is 18.8 Å². The van der Waals surface area contributed by atoms with Crippen LogP contribution in [-0.4, -0.2) is 6.61 Å². The Balaban J connectivity index is 1.16. The van der Waals surface area contributed by atoms with Gasteiger partial charge >= 0.3 is 0 Å². The molecule has 0 bridgehead atoms. The summed E-state index contributed by atoms with van der Waals surface area (Å²) in [6.45, 7) is 9.88. The van der Waals surface area contributed by atoms with Crippen molar-refractivity contribution in [2.24, 2.45) is 0 Å². The third-order valence-corrected chi connectivity index (χ3v) is 14.1. The zero-order valence-electron chi connectivity index (χ0n) is 39.5. The highest BCUT2D eigenvalue weighted by molar-refractivity contribution is 5.86. The van der Waals surface area contributed by atoms with Gasteiger partial charge in [-0.25, -0.2) is 0 Å². The molecule has 0 N–H and O–H groups in total. The molecule has 330 valence electrons. The zero-order chi connectivity index (χ0) is 43.7. The van der Waals surface area contributed by atoms with Gasteiger partial charge in [-0.1, -0.05) is 245 Å². The minimum absolute atomic E-state index is 0.00679. The van der Waals surface area contributed by atoms with Gasteiger partial charge in [-0.3, -0.25) is 0 Å². The molecule has 0 fully saturated rings. The van der Waals surface area contributed by atoms with Crippen molar-refractivity contribution in [3.63, 3.8) is 0 Å². The van der Waals surface area contributed by atoms with Crippen LogP contribution in [0.5, 0.6) is 5.75 Å². The first-order valence-corrected chi connectivity index (χ1v) is 25.3. The van der Waals surface area contributed by atoms with Crippen molar-refractivity contribution in [3.8, 4) is 61.4 Å². The van der Waals surface area contributed by atoms with Gasteiger partial charge in [-0.15, -0.1) is 0 Å². The normalized spacial score (nSPS) is 12.6. The van der Waals surface area contributed by atoms with Crippen LogP contribution in [0.15, 0.2) is 133 Å². The lowest BCUT2D eigenvalue weighted by atomic mass is 9.70. The number of unbranched alkanes of at least 4 members (excludes halogenated alkanes) is 15. The van der Waals surface area contributed by atoms with E-state index in [1.165, 1.54) is 183 Å². The van der Waals surface area contributed by atoms with E-state index in [0.29, 0.717) is 0 Å². The van der Waals surface area contributed by atoms with E-state index in [4.69, 9.17) is 4.74 Å². The third-order valence-electron chi connectivity index (χ3n) is 14.1. The first-order valence-electron chi connectivity index (χ1n) is 25.3. The smallest absolute Gasteiger partial charge is 0.119 e. The van der Waals surface area contributed by atoms with Crippen LogP contribution in [0.1, 0.15) is 166 Å². The molecule has 0 spiro atoms. The molecule has 63 heavy (non-hydrogen) atoms. The van der Waals surface area contributed by atoms with Crippen LogP contribution < -0.4 is 4.74 Å². The molecular formula is C62H76O. The number of rotatable bonds is 26. The molecule has 0 aromatic heterocycles. The quantitative estimate of drug-likeness (QED) is 0.0495. The van der Waals surface area contributed by atoms with Gasteiger partial charge in [0, 0.05) is 5.41 Å². The monoisotopic (exact) mass is 837 g/mol. The van der Waals surface area contributed by atoms with E-state index in [9.17, 15) is 0 Å². The summed E-state index contributed by atoms with van der Waals surface area (Å²) in [6.07, 6.45) is 26.0. The number of aryl methyl sites for hydroxylation is 1. The Morgan fingerprint density at radius 2 is 0.651 bits per heavy atom. The molecule has 0 unspecified atom stereocenters. The van der Waals surface area contributed by atoms with Crippen molar-refractivity contribution in [1.29, 1.82) is 0 Å². The van der Waals surface area contributed by atoms with E-state index in [1.54, 1.807) is 11.1 Å². The summed E-state index contributed by atoms with van der Waals surface area (Å²) < 4.78 is 6.10. The van der Waals surface area contributed by atoms with Crippen molar-refractivity contribution in [3.05, 3.63) is 150 Å². The summed E-state index contributed by atoms with van der Waals surface area (Å²) in [5, 5.41) is 0. The zero-order valence-corrected chi connectivity index (χ0v) is 39.5. The van der Waals surface area contributed by atoms with Crippen molar-refractivity contribution >= 4 is 0 Å². The molecule has 7 rings (SSSR count). The summed E-state index contributed by atoms with van der Waals surface area (Å²) in [5.74, 6) is 0.969.